The molecule has 13 heavy (non-hydrogen) atoms. The molecule has 0 saturated heterocycles. The van der Waals surface area contributed by atoms with Crippen molar-refractivity contribution >= 4 is 0 Å². The van der Waals surface area contributed by atoms with Gasteiger partial charge in [-0.3, -0.25) is 9.97 Å². The first-order valence-corrected chi connectivity index (χ1v) is 3.75. The number of methoxy groups -OCH3 is 1. The number of nitrogens with zero attached hydrogens (tertiary/aromatic N) is 3. The first-order valence-electron chi connectivity index (χ1n) is 3.75. The second kappa shape index (κ2) is 3.22. The molecule has 0 aromatic carbocycles. The SMILES string of the molecule is COc1nc[nH]c1-c1cnccn1. The Morgan fingerprint density at radius 3 is 2.92 bits per heavy atom. The molecule has 0 bridgehead atoms. The second-order valence-corrected chi connectivity index (χ2v) is 2.38. The van der Waals surface area contributed by atoms with E-state index in [-0.39, 0.29) is 0 Å². The first-order chi connectivity index (χ1) is 6.42. The third-order valence-corrected chi connectivity index (χ3v) is 1.62. The molecule has 0 radical (unpaired) electrons. The van der Waals surface area contributed by atoms with Crippen LogP contribution in [0.15, 0.2) is 24.9 Å². The van der Waals surface area contributed by atoms with E-state index in [9.17, 15) is 0 Å². The molecule has 5 heteroatoms. The van der Waals surface area contributed by atoms with Gasteiger partial charge < -0.3 is 9.72 Å². The van der Waals surface area contributed by atoms with E-state index in [2.05, 4.69) is 19.9 Å². The van der Waals surface area contributed by atoms with Gasteiger partial charge in [0.05, 0.1) is 19.6 Å². The van der Waals surface area contributed by atoms with E-state index in [0.29, 0.717) is 5.88 Å². The van der Waals surface area contributed by atoms with Crippen LogP contribution in [0.5, 0.6) is 5.88 Å². The van der Waals surface area contributed by atoms with E-state index in [1.54, 1.807) is 32.0 Å². The van der Waals surface area contributed by atoms with Crippen LogP contribution in [-0.4, -0.2) is 27.0 Å². The Morgan fingerprint density at radius 1 is 1.31 bits per heavy atom. The highest BCUT2D eigenvalue weighted by Crippen LogP contribution is 2.22. The fraction of sp³-hybridized carbons (Fsp3) is 0.125. The molecule has 0 aliphatic heterocycles. The summed E-state index contributed by atoms with van der Waals surface area (Å²) in [4.78, 5) is 15.0. The van der Waals surface area contributed by atoms with Crippen molar-refractivity contribution in [2.45, 2.75) is 0 Å². The van der Waals surface area contributed by atoms with E-state index in [4.69, 9.17) is 4.74 Å². The molecule has 2 rings (SSSR count). The second-order valence-electron chi connectivity index (χ2n) is 2.38. The first kappa shape index (κ1) is 7.72. The highest BCUT2D eigenvalue weighted by atomic mass is 16.5. The van der Waals surface area contributed by atoms with Crippen LogP contribution in [0, 0.1) is 0 Å². The van der Waals surface area contributed by atoms with Crippen LogP contribution < -0.4 is 4.74 Å². The van der Waals surface area contributed by atoms with Crippen molar-refractivity contribution in [1.29, 1.82) is 0 Å². The van der Waals surface area contributed by atoms with Gasteiger partial charge in [0.2, 0.25) is 5.88 Å². The number of hydrogen-bond donors (Lipinski definition) is 1. The Bertz CT molecular complexity index is 384. The lowest BCUT2D eigenvalue weighted by Crippen LogP contribution is -1.89. The summed E-state index contributed by atoms with van der Waals surface area (Å²) < 4.78 is 5.03. The van der Waals surface area contributed by atoms with Gasteiger partial charge in [0.1, 0.15) is 11.4 Å². The molecule has 66 valence electrons. The van der Waals surface area contributed by atoms with Crippen LogP contribution >= 0.6 is 0 Å². The van der Waals surface area contributed by atoms with Gasteiger partial charge in [-0.05, 0) is 0 Å². The van der Waals surface area contributed by atoms with Crippen molar-refractivity contribution in [3.63, 3.8) is 0 Å². The fourth-order valence-corrected chi connectivity index (χ4v) is 1.05. The van der Waals surface area contributed by atoms with Gasteiger partial charge >= 0.3 is 0 Å². The molecule has 0 atom stereocenters. The maximum Gasteiger partial charge on any atom is 0.241 e. The zero-order valence-electron chi connectivity index (χ0n) is 7.06. The number of aromatic nitrogens is 4. The summed E-state index contributed by atoms with van der Waals surface area (Å²) in [7, 11) is 1.57. The standard InChI is InChI=1S/C8H8N4O/c1-13-8-7(11-5-12-8)6-4-9-2-3-10-6/h2-5H,1H3,(H,11,12). The zero-order valence-corrected chi connectivity index (χ0v) is 7.06. The Kier molecular flexibility index (Phi) is 1.91. The lowest BCUT2D eigenvalue weighted by Gasteiger charge is -1.98. The maximum atomic E-state index is 5.03. The smallest absolute Gasteiger partial charge is 0.241 e. The van der Waals surface area contributed by atoms with Crippen molar-refractivity contribution in [2.75, 3.05) is 7.11 Å². The average molecular weight is 176 g/mol. The minimum absolute atomic E-state index is 0.528. The van der Waals surface area contributed by atoms with Crippen molar-refractivity contribution < 1.29 is 4.74 Å². The van der Waals surface area contributed by atoms with Gasteiger partial charge in [-0.15, -0.1) is 0 Å². The monoisotopic (exact) mass is 176 g/mol. The Hall–Kier alpha value is -1.91. The molecule has 0 fully saturated rings. The number of imidazole rings is 1. The maximum absolute atomic E-state index is 5.03. The van der Waals surface area contributed by atoms with Gasteiger partial charge in [-0.2, -0.15) is 0 Å². The van der Waals surface area contributed by atoms with Crippen molar-refractivity contribution in [2.24, 2.45) is 0 Å². The summed E-state index contributed by atoms with van der Waals surface area (Å²) in [5.41, 5.74) is 1.47. The average Bonchev–Trinajstić information content (AvgIpc) is 2.67. The summed E-state index contributed by atoms with van der Waals surface area (Å²) in [6, 6.07) is 0. The molecular formula is C8H8N4O. The minimum Gasteiger partial charge on any atom is -0.479 e. The summed E-state index contributed by atoms with van der Waals surface area (Å²) in [6.07, 6.45) is 6.45. The lowest BCUT2D eigenvalue weighted by atomic mass is 10.3. The van der Waals surface area contributed by atoms with Crippen molar-refractivity contribution in [1.82, 2.24) is 19.9 Å². The van der Waals surface area contributed by atoms with Gasteiger partial charge in [-0.25, -0.2) is 4.98 Å². The van der Waals surface area contributed by atoms with Crippen molar-refractivity contribution in [3.05, 3.63) is 24.9 Å². The number of H-pyrrole nitrogens is 1. The predicted molar refractivity (Wildman–Crippen MR) is 46.2 cm³/mol. The highest BCUT2D eigenvalue weighted by Gasteiger charge is 2.08. The molecule has 1 N–H and O–H groups in total. The van der Waals surface area contributed by atoms with Crippen LogP contribution in [0.2, 0.25) is 0 Å². The number of rotatable bonds is 2. The molecule has 2 heterocycles. The number of aromatic amines is 1. The molecule has 0 unspecified atom stereocenters. The molecule has 2 aromatic rings. The van der Waals surface area contributed by atoms with E-state index in [1.807, 2.05) is 0 Å². The largest absolute Gasteiger partial charge is 0.479 e. The molecule has 2 aromatic heterocycles. The topological polar surface area (TPSA) is 63.7 Å². The van der Waals surface area contributed by atoms with Gasteiger partial charge in [-0.1, -0.05) is 0 Å². The molecule has 5 nitrogen and oxygen atoms in total. The van der Waals surface area contributed by atoms with E-state index in [0.717, 1.165) is 11.4 Å². The minimum atomic E-state index is 0.528. The van der Waals surface area contributed by atoms with Crippen LogP contribution in [0.1, 0.15) is 0 Å². The normalized spacial score (nSPS) is 9.92. The third kappa shape index (κ3) is 1.35. The quantitative estimate of drug-likeness (QED) is 0.737. The predicted octanol–water partition coefficient (Wildman–Crippen LogP) is 0.875. The van der Waals surface area contributed by atoms with Crippen LogP contribution in [-0.2, 0) is 0 Å². The Labute approximate surface area is 74.8 Å². The molecule has 0 aliphatic rings. The Balaban J connectivity index is 2.47. The number of nitrogens with one attached hydrogen (secondary N) is 1. The summed E-state index contributed by atoms with van der Waals surface area (Å²) in [5.74, 6) is 0.528. The summed E-state index contributed by atoms with van der Waals surface area (Å²) in [5, 5.41) is 0. The van der Waals surface area contributed by atoms with Gasteiger partial charge in [0, 0.05) is 12.4 Å². The zero-order chi connectivity index (χ0) is 9.10. The lowest BCUT2D eigenvalue weighted by molar-refractivity contribution is 0.401. The highest BCUT2D eigenvalue weighted by molar-refractivity contribution is 5.58. The van der Waals surface area contributed by atoms with E-state index >= 15 is 0 Å². The summed E-state index contributed by atoms with van der Waals surface area (Å²) >= 11 is 0. The number of hydrogen-bond acceptors (Lipinski definition) is 4. The van der Waals surface area contributed by atoms with Crippen LogP contribution in [0.25, 0.3) is 11.4 Å². The summed E-state index contributed by atoms with van der Waals surface area (Å²) in [6.45, 7) is 0. The molecular weight excluding hydrogens is 168 g/mol. The van der Waals surface area contributed by atoms with Crippen LogP contribution in [0.3, 0.4) is 0 Å². The van der Waals surface area contributed by atoms with Gasteiger partial charge in [0.15, 0.2) is 0 Å². The molecule has 0 spiro atoms. The third-order valence-electron chi connectivity index (χ3n) is 1.62. The molecule has 0 amide bonds. The molecule has 0 aliphatic carbocycles. The number of ether oxygens (including phenoxy) is 1. The molecule has 0 saturated carbocycles. The van der Waals surface area contributed by atoms with Gasteiger partial charge in [0.25, 0.3) is 0 Å². The van der Waals surface area contributed by atoms with Crippen molar-refractivity contribution in [3.8, 4) is 17.3 Å². The van der Waals surface area contributed by atoms with E-state index < -0.39 is 0 Å². The van der Waals surface area contributed by atoms with E-state index in [1.165, 1.54) is 0 Å². The Morgan fingerprint density at radius 2 is 2.23 bits per heavy atom. The fourth-order valence-electron chi connectivity index (χ4n) is 1.05. The van der Waals surface area contributed by atoms with Crippen LogP contribution in [0.4, 0.5) is 0 Å².